The molecular formula is C14H16N2O2. The smallest absolute Gasteiger partial charge is 0.257 e. The summed E-state index contributed by atoms with van der Waals surface area (Å²) in [6.07, 6.45) is 1.20. The van der Waals surface area contributed by atoms with Crippen LogP contribution < -0.4 is 4.90 Å². The summed E-state index contributed by atoms with van der Waals surface area (Å²) in [6.45, 7) is 3.91. The summed E-state index contributed by atoms with van der Waals surface area (Å²) in [6, 6.07) is 5.69. The summed E-state index contributed by atoms with van der Waals surface area (Å²) in [7, 11) is 1.78. The summed E-state index contributed by atoms with van der Waals surface area (Å²) in [4.78, 5) is 28.0. The minimum atomic E-state index is -0.504. The van der Waals surface area contributed by atoms with Gasteiger partial charge in [-0.15, -0.1) is 0 Å². The number of nitrogens with zero attached hydrogens (tertiary/aromatic N) is 2. The first-order chi connectivity index (χ1) is 8.45. The number of anilines is 1. The Labute approximate surface area is 106 Å². The molecule has 0 spiro atoms. The van der Waals surface area contributed by atoms with E-state index in [0.29, 0.717) is 18.4 Å². The van der Waals surface area contributed by atoms with Crippen molar-refractivity contribution in [3.8, 4) is 0 Å². The van der Waals surface area contributed by atoms with Gasteiger partial charge in [0, 0.05) is 13.5 Å². The quantitative estimate of drug-likeness (QED) is 0.699. The van der Waals surface area contributed by atoms with Crippen LogP contribution in [0.1, 0.15) is 35.7 Å². The van der Waals surface area contributed by atoms with E-state index in [0.717, 1.165) is 11.3 Å². The molecule has 1 saturated heterocycles. The molecule has 94 valence electrons. The molecule has 3 rings (SSSR count). The van der Waals surface area contributed by atoms with Crippen LogP contribution in [0.4, 0.5) is 5.69 Å². The first kappa shape index (κ1) is 11.3. The monoisotopic (exact) mass is 244 g/mol. The van der Waals surface area contributed by atoms with E-state index >= 15 is 0 Å². The van der Waals surface area contributed by atoms with Crippen molar-refractivity contribution in [3.63, 3.8) is 0 Å². The number of hydrogen-bond donors (Lipinski definition) is 0. The van der Waals surface area contributed by atoms with E-state index in [9.17, 15) is 9.59 Å². The van der Waals surface area contributed by atoms with Crippen LogP contribution in [0.15, 0.2) is 18.2 Å². The van der Waals surface area contributed by atoms with Crippen LogP contribution in [0.25, 0.3) is 0 Å². The summed E-state index contributed by atoms with van der Waals surface area (Å²) < 4.78 is 0. The lowest BCUT2D eigenvalue weighted by Crippen LogP contribution is -2.60. The third-order valence-corrected chi connectivity index (χ3v) is 4.19. The second-order valence-electron chi connectivity index (χ2n) is 5.33. The number of rotatable bonds is 0. The Balaban J connectivity index is 2.27. The number of amides is 2. The Kier molecular flexibility index (Phi) is 2.09. The zero-order valence-corrected chi connectivity index (χ0v) is 10.9. The van der Waals surface area contributed by atoms with Gasteiger partial charge in [-0.2, -0.15) is 0 Å². The van der Waals surface area contributed by atoms with Crippen LogP contribution in [0.5, 0.6) is 0 Å². The summed E-state index contributed by atoms with van der Waals surface area (Å²) in [5.41, 5.74) is 1.92. The molecule has 0 N–H and O–H groups in total. The molecule has 0 radical (unpaired) electrons. The molecule has 0 aromatic heterocycles. The standard InChI is InChI=1S/C14H16N2O2/c1-9-4-5-11-10(8-9)13(18)15(3)14(2)7-6-12(17)16(11)14/h4-5,8H,6-7H2,1-3H3. The van der Waals surface area contributed by atoms with Crippen LogP contribution in [0.3, 0.4) is 0 Å². The SMILES string of the molecule is Cc1ccc2c(c1)C(=O)N(C)C1(C)CCC(=O)N21. The second-order valence-corrected chi connectivity index (χ2v) is 5.33. The Morgan fingerprint density at radius 2 is 2.00 bits per heavy atom. The summed E-state index contributed by atoms with van der Waals surface area (Å²) in [5.74, 6) is 0.101. The molecule has 1 unspecified atom stereocenters. The number of aryl methyl sites for hydroxylation is 1. The normalized spacial score (nSPS) is 26.4. The highest BCUT2D eigenvalue weighted by atomic mass is 16.2. The van der Waals surface area contributed by atoms with E-state index in [4.69, 9.17) is 0 Å². The molecular weight excluding hydrogens is 228 g/mol. The zero-order valence-electron chi connectivity index (χ0n) is 10.9. The predicted molar refractivity (Wildman–Crippen MR) is 68.4 cm³/mol. The van der Waals surface area contributed by atoms with Crippen LogP contribution in [-0.2, 0) is 4.79 Å². The van der Waals surface area contributed by atoms with Gasteiger partial charge in [-0.3, -0.25) is 14.5 Å². The Morgan fingerprint density at radius 3 is 2.72 bits per heavy atom. The average molecular weight is 244 g/mol. The maximum atomic E-state index is 12.4. The van der Waals surface area contributed by atoms with E-state index in [1.54, 1.807) is 16.8 Å². The molecule has 2 aliphatic rings. The molecule has 1 aromatic rings. The third kappa shape index (κ3) is 1.20. The molecule has 2 amide bonds. The van der Waals surface area contributed by atoms with Gasteiger partial charge in [-0.1, -0.05) is 11.6 Å². The van der Waals surface area contributed by atoms with E-state index in [-0.39, 0.29) is 11.8 Å². The minimum Gasteiger partial charge on any atom is -0.318 e. The van der Waals surface area contributed by atoms with Gasteiger partial charge < -0.3 is 4.90 Å². The first-order valence-corrected chi connectivity index (χ1v) is 6.17. The molecule has 1 fully saturated rings. The molecule has 0 aliphatic carbocycles. The fourth-order valence-electron chi connectivity index (χ4n) is 2.96. The summed E-state index contributed by atoms with van der Waals surface area (Å²) in [5, 5.41) is 0. The maximum absolute atomic E-state index is 12.4. The summed E-state index contributed by atoms with van der Waals surface area (Å²) >= 11 is 0. The van der Waals surface area contributed by atoms with Gasteiger partial charge in [-0.25, -0.2) is 0 Å². The highest BCUT2D eigenvalue weighted by Crippen LogP contribution is 2.43. The minimum absolute atomic E-state index is 0.00199. The zero-order chi connectivity index (χ0) is 13.1. The molecule has 1 aromatic carbocycles. The highest BCUT2D eigenvalue weighted by molar-refractivity contribution is 6.10. The van der Waals surface area contributed by atoms with Crippen LogP contribution in [-0.4, -0.2) is 29.4 Å². The van der Waals surface area contributed by atoms with Gasteiger partial charge in [0.05, 0.1) is 11.3 Å². The fourth-order valence-corrected chi connectivity index (χ4v) is 2.96. The molecule has 4 nitrogen and oxygen atoms in total. The van der Waals surface area contributed by atoms with Crippen molar-refractivity contribution in [2.45, 2.75) is 32.4 Å². The van der Waals surface area contributed by atoms with Crippen LogP contribution in [0.2, 0.25) is 0 Å². The predicted octanol–water partition coefficient (Wildman–Crippen LogP) is 1.92. The number of fused-ring (bicyclic) bond motifs is 3. The van der Waals surface area contributed by atoms with Gasteiger partial charge in [0.2, 0.25) is 5.91 Å². The van der Waals surface area contributed by atoms with Crippen molar-refractivity contribution < 1.29 is 9.59 Å². The van der Waals surface area contributed by atoms with Gasteiger partial charge in [0.25, 0.3) is 5.91 Å². The van der Waals surface area contributed by atoms with Crippen molar-refractivity contribution in [1.29, 1.82) is 0 Å². The highest BCUT2D eigenvalue weighted by Gasteiger charge is 2.51. The van der Waals surface area contributed by atoms with E-state index in [2.05, 4.69) is 0 Å². The molecule has 2 aliphatic heterocycles. The molecule has 4 heteroatoms. The lowest BCUT2D eigenvalue weighted by molar-refractivity contribution is -0.117. The van der Waals surface area contributed by atoms with E-state index in [1.165, 1.54) is 0 Å². The Hall–Kier alpha value is -1.84. The topological polar surface area (TPSA) is 40.6 Å². The Bertz CT molecular complexity index is 567. The number of hydrogen-bond acceptors (Lipinski definition) is 2. The largest absolute Gasteiger partial charge is 0.318 e. The lowest BCUT2D eigenvalue weighted by Gasteiger charge is -2.47. The molecule has 0 saturated carbocycles. The molecule has 2 heterocycles. The van der Waals surface area contributed by atoms with E-state index in [1.807, 2.05) is 32.0 Å². The van der Waals surface area contributed by atoms with Gasteiger partial charge in [0.1, 0.15) is 5.66 Å². The number of benzene rings is 1. The van der Waals surface area contributed by atoms with Crippen LogP contribution in [0, 0.1) is 6.92 Å². The van der Waals surface area contributed by atoms with Crippen molar-refractivity contribution >= 4 is 17.5 Å². The number of carbonyl (C=O) groups is 2. The molecule has 0 bridgehead atoms. The third-order valence-electron chi connectivity index (χ3n) is 4.19. The molecule has 1 atom stereocenters. The van der Waals surface area contributed by atoms with Crippen molar-refractivity contribution in [3.05, 3.63) is 29.3 Å². The van der Waals surface area contributed by atoms with Gasteiger partial charge in [0.15, 0.2) is 0 Å². The fraction of sp³-hybridized carbons (Fsp3) is 0.429. The van der Waals surface area contributed by atoms with Gasteiger partial charge >= 0.3 is 0 Å². The van der Waals surface area contributed by atoms with Crippen molar-refractivity contribution in [1.82, 2.24) is 4.90 Å². The second kappa shape index (κ2) is 3.34. The van der Waals surface area contributed by atoms with Crippen LogP contribution >= 0.6 is 0 Å². The number of carbonyl (C=O) groups excluding carboxylic acids is 2. The van der Waals surface area contributed by atoms with E-state index < -0.39 is 5.66 Å². The Morgan fingerprint density at radius 1 is 1.28 bits per heavy atom. The van der Waals surface area contributed by atoms with Crippen molar-refractivity contribution in [2.75, 3.05) is 11.9 Å². The average Bonchev–Trinajstić information content (AvgIpc) is 2.65. The first-order valence-electron chi connectivity index (χ1n) is 6.17. The lowest BCUT2D eigenvalue weighted by atomic mass is 9.98. The van der Waals surface area contributed by atoms with Crippen molar-refractivity contribution in [2.24, 2.45) is 0 Å². The van der Waals surface area contributed by atoms with Gasteiger partial charge in [-0.05, 0) is 32.4 Å². The maximum Gasteiger partial charge on any atom is 0.257 e. The molecule has 18 heavy (non-hydrogen) atoms.